The first-order valence-electron chi connectivity index (χ1n) is 0.612. The smallest absolute Gasteiger partial charge is 0.652 e. The third kappa shape index (κ3) is 80.9. The van der Waals surface area contributed by atoms with Gasteiger partial charge in [-0.3, -0.25) is 0 Å². The summed E-state index contributed by atoms with van der Waals surface area (Å²) < 4.78 is 0. The Morgan fingerprint density at radius 2 is 1.14 bits per heavy atom. The molecule has 0 aromatic carbocycles. The van der Waals surface area contributed by atoms with E-state index in [1.165, 1.54) is 0 Å². The molecule has 0 saturated heterocycles. The van der Waals surface area contributed by atoms with E-state index in [4.69, 9.17) is 15.0 Å². The first-order valence-corrected chi connectivity index (χ1v) is 0.612. The number of rotatable bonds is 0. The van der Waals surface area contributed by atoms with Crippen molar-refractivity contribution in [1.29, 1.82) is 0 Å². The van der Waals surface area contributed by atoms with Crippen molar-refractivity contribution in [3.05, 3.63) is 0 Å². The summed E-state index contributed by atoms with van der Waals surface area (Å²) in [5.41, 5.74) is 0. The van der Waals surface area contributed by atoms with E-state index in [0.29, 0.717) is 0 Å². The zero-order valence-electron chi connectivity index (χ0n) is 4.14. The van der Waals surface area contributed by atoms with Crippen molar-refractivity contribution in [1.82, 2.24) is 0 Å². The van der Waals surface area contributed by atoms with E-state index in [-0.39, 0.29) is 75.7 Å². The van der Waals surface area contributed by atoms with Crippen LogP contribution in [-0.2, 0) is 0 Å². The molecule has 0 aromatic rings. The first-order chi connectivity index (χ1) is 1.73. The van der Waals surface area contributed by atoms with Crippen LogP contribution in [0, 0.1) is 0 Å². The van der Waals surface area contributed by atoms with Crippen LogP contribution in [0.4, 0.5) is 4.79 Å². The zero-order valence-corrected chi connectivity index (χ0v) is 8.97. The maximum absolute atomic E-state index is 8.33. The minimum atomic E-state index is -2.33. The van der Waals surface area contributed by atoms with Crippen LogP contribution in [0.25, 0.3) is 0 Å². The van der Waals surface area contributed by atoms with Gasteiger partial charge < -0.3 is 15.0 Å². The molecule has 0 spiro atoms. The van der Waals surface area contributed by atoms with Crippen molar-refractivity contribution < 1.29 is 44.6 Å². The van der Waals surface area contributed by atoms with Gasteiger partial charge in [-0.05, 0) is 6.16 Å². The third-order valence-corrected chi connectivity index (χ3v) is 0. The van der Waals surface area contributed by atoms with Gasteiger partial charge in [0.05, 0.1) is 0 Å². The summed E-state index contributed by atoms with van der Waals surface area (Å²) in [6.07, 6.45) is -2.33. The molecule has 0 radical (unpaired) electrons. The van der Waals surface area contributed by atoms with Crippen molar-refractivity contribution in [3.63, 3.8) is 0 Å². The number of hydrogen-bond donors (Lipinski definition) is 0. The van der Waals surface area contributed by atoms with Crippen molar-refractivity contribution in [3.8, 4) is 0 Å². The molecule has 24 valence electrons. The van der Waals surface area contributed by atoms with Gasteiger partial charge in [0, 0.05) is 0 Å². The quantitative estimate of drug-likeness (QED) is 0.308. The van der Waals surface area contributed by atoms with Gasteiger partial charge in [0.2, 0.25) is 0 Å². The largest absolute Gasteiger partial charge is 2.00 e. The summed E-state index contributed by atoms with van der Waals surface area (Å²) in [6, 6.07) is 0. The second-order valence-electron chi connectivity index (χ2n) is 0.250. The van der Waals surface area contributed by atoms with Gasteiger partial charge in [-0.25, -0.2) is 0 Å². The Balaban J connectivity index is -0.0000000150. The molecule has 0 heterocycles. The Hall–Kier alpha value is 1.80. The average Bonchev–Trinajstić information content (AvgIpc) is 0.811. The van der Waals surface area contributed by atoms with Gasteiger partial charge in [0.15, 0.2) is 0 Å². The fraction of sp³-hybridized carbons (Fsp3) is 0. The van der Waals surface area contributed by atoms with E-state index in [2.05, 4.69) is 0 Å². The molecule has 0 saturated carbocycles. The van der Waals surface area contributed by atoms with Gasteiger partial charge in [0.25, 0.3) is 0 Å². The molecule has 0 amide bonds. The van der Waals surface area contributed by atoms with Crippen LogP contribution in [0.15, 0.2) is 0 Å². The van der Waals surface area contributed by atoms with Crippen molar-refractivity contribution in [2.24, 2.45) is 0 Å². The van der Waals surface area contributed by atoms with Crippen molar-refractivity contribution >= 4 is 52.3 Å². The van der Waals surface area contributed by atoms with Crippen LogP contribution in [0.1, 0.15) is 0 Å². The Morgan fingerprint density at radius 1 is 1.14 bits per heavy atom. The van der Waals surface area contributed by atoms with Crippen LogP contribution in [0.5, 0.6) is 0 Å². The van der Waals surface area contributed by atoms with Gasteiger partial charge in [-0.2, -0.15) is 0 Å². The Kier molecular flexibility index (Phi) is 52.0. The molecule has 0 fully saturated rings. The van der Waals surface area contributed by atoms with Crippen molar-refractivity contribution in [2.75, 3.05) is 0 Å². The van der Waals surface area contributed by atoms with E-state index < -0.39 is 6.16 Å². The molecular weight excluding hydrogens is 132 g/mol. The number of hydrogen-bond acceptors (Lipinski definition) is 3. The molecule has 0 aliphatic heterocycles. The summed E-state index contributed by atoms with van der Waals surface area (Å²) in [5.74, 6) is 0. The molecule has 0 aliphatic rings. The number of carbonyl (C=O) groups excluding carboxylic acids is 1. The standard InChI is InChI=1S/CH2O3.2Mg.Na/c2-1(3)4;;;/h(H2,2,3,4);;;/q;2*+2;+1/p-2. The van der Waals surface area contributed by atoms with Gasteiger partial charge >= 0.3 is 75.7 Å². The second-order valence-corrected chi connectivity index (χ2v) is 0.250. The van der Waals surface area contributed by atoms with E-state index >= 15 is 0 Å². The van der Waals surface area contributed by atoms with Crippen LogP contribution < -0.4 is 39.8 Å². The molecule has 0 N–H and O–H groups in total. The van der Waals surface area contributed by atoms with E-state index in [0.717, 1.165) is 0 Å². The van der Waals surface area contributed by atoms with Crippen LogP contribution in [0.2, 0.25) is 0 Å². The predicted molar refractivity (Wildman–Crippen MR) is 16.9 cm³/mol. The van der Waals surface area contributed by atoms with Gasteiger partial charge in [0.1, 0.15) is 0 Å². The SMILES string of the molecule is O=C([O-])[O-].[Mg+2].[Mg+2].[Na+]. The fourth-order valence-corrected chi connectivity index (χ4v) is 0. The van der Waals surface area contributed by atoms with Crippen LogP contribution >= 0.6 is 0 Å². The van der Waals surface area contributed by atoms with E-state index in [9.17, 15) is 0 Å². The Morgan fingerprint density at radius 3 is 1.14 bits per heavy atom. The normalized spacial score (nSPS) is 3.43. The summed E-state index contributed by atoms with van der Waals surface area (Å²) in [6.45, 7) is 0. The molecule has 0 unspecified atom stereocenters. The molecule has 6 heteroatoms. The molecule has 0 aliphatic carbocycles. The summed E-state index contributed by atoms with van der Waals surface area (Å²) >= 11 is 0. The van der Waals surface area contributed by atoms with Crippen molar-refractivity contribution in [2.45, 2.75) is 0 Å². The van der Waals surface area contributed by atoms with Crippen LogP contribution in [-0.4, -0.2) is 52.3 Å². The maximum atomic E-state index is 8.33. The van der Waals surface area contributed by atoms with Gasteiger partial charge in [-0.15, -0.1) is 0 Å². The number of carboxylic acid groups (broad SMARTS) is 2. The Bertz CT molecular complexity index is 35.9. The summed E-state index contributed by atoms with van der Waals surface area (Å²) in [7, 11) is 0. The van der Waals surface area contributed by atoms with E-state index in [1.807, 2.05) is 0 Å². The molecular formula is CMg2NaO3+3. The molecule has 0 rings (SSSR count). The maximum Gasteiger partial charge on any atom is 2.00 e. The monoisotopic (exact) mass is 131 g/mol. The zero-order chi connectivity index (χ0) is 3.58. The first kappa shape index (κ1) is 23.2. The topological polar surface area (TPSA) is 63.2 Å². The second kappa shape index (κ2) is 15.7. The summed E-state index contributed by atoms with van der Waals surface area (Å²) in [5, 5.41) is 16.7. The van der Waals surface area contributed by atoms with Crippen LogP contribution in [0.3, 0.4) is 0 Å². The van der Waals surface area contributed by atoms with Gasteiger partial charge in [-0.1, -0.05) is 0 Å². The summed E-state index contributed by atoms with van der Waals surface area (Å²) in [4.78, 5) is 8.33. The number of carbonyl (C=O) groups is 1. The molecule has 0 aromatic heterocycles. The van der Waals surface area contributed by atoms with E-state index in [1.54, 1.807) is 0 Å². The third-order valence-electron chi connectivity index (χ3n) is 0. The average molecular weight is 132 g/mol. The molecule has 7 heavy (non-hydrogen) atoms. The molecule has 0 bridgehead atoms. The Labute approximate surface area is 95.4 Å². The minimum absolute atomic E-state index is 0. The minimum Gasteiger partial charge on any atom is -0.652 e. The molecule has 0 atom stereocenters. The predicted octanol–water partition coefficient (Wildman–Crippen LogP) is -6.20. The molecule has 3 nitrogen and oxygen atoms in total. The fourth-order valence-electron chi connectivity index (χ4n) is 0.